The van der Waals surface area contributed by atoms with Crippen molar-refractivity contribution in [3.63, 3.8) is 0 Å². The smallest absolute Gasteiger partial charge is 0.230 e. The number of thiazole rings is 1. The summed E-state index contributed by atoms with van der Waals surface area (Å²) in [4.78, 5) is 28.4. The first-order valence-electron chi connectivity index (χ1n) is 9.60. The molecule has 0 atom stereocenters. The van der Waals surface area contributed by atoms with Crippen molar-refractivity contribution in [1.29, 1.82) is 0 Å². The highest BCUT2D eigenvalue weighted by Gasteiger charge is 2.13. The lowest BCUT2D eigenvalue weighted by Crippen LogP contribution is -2.16. The van der Waals surface area contributed by atoms with E-state index in [1.54, 1.807) is 56.0 Å². The van der Waals surface area contributed by atoms with E-state index >= 15 is 0 Å². The molecule has 0 bridgehead atoms. The van der Waals surface area contributed by atoms with Crippen LogP contribution in [0.5, 0.6) is 17.2 Å². The van der Waals surface area contributed by atoms with Gasteiger partial charge in [-0.05, 0) is 30.3 Å². The van der Waals surface area contributed by atoms with E-state index in [9.17, 15) is 9.59 Å². The maximum absolute atomic E-state index is 12.6. The van der Waals surface area contributed by atoms with Crippen LogP contribution in [-0.4, -0.2) is 38.1 Å². The van der Waals surface area contributed by atoms with Crippen LogP contribution in [0.25, 0.3) is 0 Å². The summed E-state index contributed by atoms with van der Waals surface area (Å²) in [6.45, 7) is 1.41. The number of methoxy groups -OCH3 is 3. The maximum atomic E-state index is 12.6. The topological polar surface area (TPSA) is 111 Å². The zero-order chi connectivity index (χ0) is 23.1. The molecule has 0 aliphatic carbocycles. The van der Waals surface area contributed by atoms with Gasteiger partial charge in [0.1, 0.15) is 17.2 Å². The molecule has 1 aromatic heterocycles. The fourth-order valence-corrected chi connectivity index (χ4v) is 3.64. The second-order valence-corrected chi connectivity index (χ2v) is 7.51. The second-order valence-electron chi connectivity index (χ2n) is 6.66. The molecule has 2 amide bonds. The Kier molecular flexibility index (Phi) is 7.50. The van der Waals surface area contributed by atoms with Crippen molar-refractivity contribution in [3.8, 4) is 17.2 Å². The number of ether oxygens (including phenoxy) is 3. The maximum Gasteiger partial charge on any atom is 0.230 e. The van der Waals surface area contributed by atoms with Gasteiger partial charge in [-0.25, -0.2) is 4.98 Å². The van der Waals surface area contributed by atoms with Crippen molar-refractivity contribution in [2.75, 3.05) is 37.3 Å². The molecule has 0 saturated heterocycles. The van der Waals surface area contributed by atoms with Crippen LogP contribution in [0.3, 0.4) is 0 Å². The van der Waals surface area contributed by atoms with Gasteiger partial charge >= 0.3 is 0 Å². The van der Waals surface area contributed by atoms with Gasteiger partial charge in [0.05, 0.1) is 44.8 Å². The number of carbonyl (C=O) groups is 2. The molecule has 0 aliphatic heterocycles. The molecule has 10 heteroatoms. The van der Waals surface area contributed by atoms with Gasteiger partial charge in [0, 0.05) is 24.1 Å². The van der Waals surface area contributed by atoms with Gasteiger partial charge in [-0.1, -0.05) is 0 Å². The molecule has 3 N–H and O–H groups in total. The lowest BCUT2D eigenvalue weighted by Gasteiger charge is -2.12. The number of anilines is 4. The summed E-state index contributed by atoms with van der Waals surface area (Å²) in [5.74, 6) is 1.34. The van der Waals surface area contributed by atoms with Crippen LogP contribution in [0.15, 0.2) is 41.8 Å². The summed E-state index contributed by atoms with van der Waals surface area (Å²) < 4.78 is 15.9. The highest BCUT2D eigenvalue weighted by atomic mass is 32.1. The molecule has 9 nitrogen and oxygen atoms in total. The summed E-state index contributed by atoms with van der Waals surface area (Å²) in [6.07, 6.45) is 0.0704. The van der Waals surface area contributed by atoms with Crippen molar-refractivity contribution in [2.24, 2.45) is 0 Å². The average molecular weight is 457 g/mol. The molecule has 1 heterocycles. The Bertz CT molecular complexity index is 1120. The monoisotopic (exact) mass is 456 g/mol. The number of rotatable bonds is 9. The van der Waals surface area contributed by atoms with E-state index in [4.69, 9.17) is 14.2 Å². The van der Waals surface area contributed by atoms with E-state index < -0.39 is 0 Å². The second kappa shape index (κ2) is 10.5. The van der Waals surface area contributed by atoms with Crippen molar-refractivity contribution in [1.82, 2.24) is 4.98 Å². The molecular formula is C22H24N4O5S. The SMILES string of the molecule is COc1ccc(OC)c(Nc2nc(CC(=O)Nc3cc(NC(C)=O)ccc3OC)cs2)c1. The van der Waals surface area contributed by atoms with Crippen molar-refractivity contribution in [3.05, 3.63) is 47.5 Å². The molecule has 32 heavy (non-hydrogen) atoms. The molecule has 0 spiro atoms. The van der Waals surface area contributed by atoms with Crippen molar-refractivity contribution in [2.45, 2.75) is 13.3 Å². The molecule has 0 fully saturated rings. The third-order valence-corrected chi connectivity index (χ3v) is 5.14. The number of nitrogens with zero attached hydrogens (tertiary/aromatic N) is 1. The van der Waals surface area contributed by atoms with Crippen LogP contribution in [0.4, 0.5) is 22.2 Å². The molecule has 2 aromatic carbocycles. The number of hydrogen-bond donors (Lipinski definition) is 3. The van der Waals surface area contributed by atoms with Gasteiger partial charge < -0.3 is 30.2 Å². The van der Waals surface area contributed by atoms with Crippen LogP contribution < -0.4 is 30.2 Å². The van der Waals surface area contributed by atoms with Crippen LogP contribution in [0, 0.1) is 0 Å². The fourth-order valence-electron chi connectivity index (χ4n) is 2.92. The number of nitrogens with one attached hydrogen (secondary N) is 3. The molecule has 3 rings (SSSR count). The Morgan fingerprint density at radius 2 is 1.66 bits per heavy atom. The third kappa shape index (κ3) is 5.88. The predicted molar refractivity (Wildman–Crippen MR) is 125 cm³/mol. The first-order chi connectivity index (χ1) is 15.4. The average Bonchev–Trinajstić information content (AvgIpc) is 3.19. The molecule has 0 unspecified atom stereocenters. The van der Waals surface area contributed by atoms with E-state index in [0.29, 0.717) is 45.1 Å². The summed E-state index contributed by atoms with van der Waals surface area (Å²) in [5, 5.41) is 11.1. The summed E-state index contributed by atoms with van der Waals surface area (Å²) >= 11 is 1.37. The first-order valence-corrected chi connectivity index (χ1v) is 10.5. The van der Waals surface area contributed by atoms with E-state index in [1.165, 1.54) is 25.4 Å². The quantitative estimate of drug-likeness (QED) is 0.445. The third-order valence-electron chi connectivity index (χ3n) is 4.34. The van der Waals surface area contributed by atoms with Gasteiger partial charge in [-0.15, -0.1) is 11.3 Å². The Morgan fingerprint density at radius 1 is 0.938 bits per heavy atom. The summed E-state index contributed by atoms with van der Waals surface area (Å²) in [6, 6.07) is 10.4. The van der Waals surface area contributed by atoms with Crippen molar-refractivity contribution >= 4 is 45.3 Å². The number of benzene rings is 2. The van der Waals surface area contributed by atoms with Crippen molar-refractivity contribution < 1.29 is 23.8 Å². The van der Waals surface area contributed by atoms with Gasteiger partial charge in [0.25, 0.3) is 0 Å². The van der Waals surface area contributed by atoms with E-state index in [2.05, 4.69) is 20.9 Å². The molecular weight excluding hydrogens is 432 g/mol. The van der Waals surface area contributed by atoms with E-state index in [1.807, 2.05) is 0 Å². The largest absolute Gasteiger partial charge is 0.497 e. The standard InChI is InChI=1S/C22H24N4O5S/c1-13(27)23-14-5-7-19(30-3)17(9-14)25-21(28)10-15-12-32-22(24-15)26-18-11-16(29-2)6-8-20(18)31-4/h5-9,11-12H,10H2,1-4H3,(H,23,27)(H,24,26)(H,25,28). The number of aromatic nitrogens is 1. The minimum Gasteiger partial charge on any atom is -0.497 e. The highest BCUT2D eigenvalue weighted by Crippen LogP contribution is 2.33. The fraction of sp³-hybridized carbons (Fsp3) is 0.227. The van der Waals surface area contributed by atoms with Crippen LogP contribution >= 0.6 is 11.3 Å². The van der Waals surface area contributed by atoms with Crippen LogP contribution in [-0.2, 0) is 16.0 Å². The Morgan fingerprint density at radius 3 is 2.34 bits per heavy atom. The van der Waals surface area contributed by atoms with Gasteiger partial charge in [0.15, 0.2) is 5.13 Å². The lowest BCUT2D eigenvalue weighted by atomic mass is 10.2. The summed E-state index contributed by atoms with van der Waals surface area (Å²) in [7, 11) is 4.68. The van der Waals surface area contributed by atoms with Gasteiger partial charge in [-0.2, -0.15) is 0 Å². The van der Waals surface area contributed by atoms with Gasteiger partial charge in [0.2, 0.25) is 11.8 Å². The Labute approximate surface area is 189 Å². The Hall–Kier alpha value is -3.79. The normalized spacial score (nSPS) is 10.2. The molecule has 168 valence electrons. The molecule has 0 aliphatic rings. The number of hydrogen-bond acceptors (Lipinski definition) is 8. The zero-order valence-electron chi connectivity index (χ0n) is 18.1. The van der Waals surface area contributed by atoms with E-state index in [-0.39, 0.29) is 18.2 Å². The summed E-state index contributed by atoms with van der Waals surface area (Å²) in [5.41, 5.74) is 2.32. The minimum atomic E-state index is -0.265. The Balaban J connectivity index is 1.68. The predicted octanol–water partition coefficient (Wildman–Crippen LogP) is 4.05. The highest BCUT2D eigenvalue weighted by molar-refractivity contribution is 7.13. The van der Waals surface area contributed by atoms with Crippen LogP contribution in [0.1, 0.15) is 12.6 Å². The lowest BCUT2D eigenvalue weighted by molar-refractivity contribution is -0.116. The molecule has 0 radical (unpaired) electrons. The number of amides is 2. The first kappa shape index (κ1) is 22.9. The van der Waals surface area contributed by atoms with Gasteiger partial charge in [-0.3, -0.25) is 9.59 Å². The molecule has 0 saturated carbocycles. The van der Waals surface area contributed by atoms with E-state index in [0.717, 1.165) is 0 Å². The molecule has 3 aromatic rings. The number of carbonyl (C=O) groups excluding carboxylic acids is 2. The zero-order valence-corrected chi connectivity index (χ0v) is 19.0. The van der Waals surface area contributed by atoms with Crippen LogP contribution in [0.2, 0.25) is 0 Å². The minimum absolute atomic E-state index is 0.0704.